The van der Waals surface area contributed by atoms with Gasteiger partial charge in [0.05, 0.1) is 18.3 Å². The summed E-state index contributed by atoms with van der Waals surface area (Å²) < 4.78 is 7.37. The van der Waals surface area contributed by atoms with Gasteiger partial charge in [0.15, 0.2) is 5.82 Å². The largest absolute Gasteiger partial charge is 0.491 e. The van der Waals surface area contributed by atoms with Crippen molar-refractivity contribution in [2.75, 3.05) is 26.2 Å². The fraction of sp³-hybridized carbons (Fsp3) is 0.364. The van der Waals surface area contributed by atoms with Crippen LogP contribution in [-0.2, 0) is 6.54 Å². The Bertz CT molecular complexity index is 1010. The Morgan fingerprint density at radius 3 is 2.35 bits per heavy atom. The average Bonchev–Trinajstić information content (AvgIpc) is 3.22. The van der Waals surface area contributed by atoms with Crippen LogP contribution in [0.5, 0.6) is 5.75 Å². The molecule has 31 heavy (non-hydrogen) atoms. The van der Waals surface area contributed by atoms with Crippen LogP contribution in [0, 0.1) is 0 Å². The second-order valence-electron chi connectivity index (χ2n) is 7.74. The van der Waals surface area contributed by atoms with Crippen molar-refractivity contribution >= 4 is 17.5 Å². The van der Waals surface area contributed by atoms with E-state index in [1.807, 2.05) is 67.3 Å². The lowest BCUT2D eigenvalue weighted by Gasteiger charge is -2.34. The number of nitrogens with zero attached hydrogens (tertiary/aromatic N) is 6. The predicted molar refractivity (Wildman–Crippen MR) is 118 cm³/mol. The average molecular weight is 441 g/mol. The molecule has 0 bridgehead atoms. The Morgan fingerprint density at radius 1 is 1.03 bits per heavy atom. The van der Waals surface area contributed by atoms with Crippen LogP contribution >= 0.6 is 11.6 Å². The molecule has 0 spiro atoms. The van der Waals surface area contributed by atoms with Gasteiger partial charge >= 0.3 is 0 Å². The number of benzene rings is 2. The monoisotopic (exact) mass is 440 g/mol. The molecule has 2 aromatic carbocycles. The van der Waals surface area contributed by atoms with E-state index in [9.17, 15) is 4.79 Å². The van der Waals surface area contributed by atoms with E-state index in [0.717, 1.165) is 30.4 Å². The first-order chi connectivity index (χ1) is 15.0. The Labute approximate surface area is 186 Å². The molecule has 0 unspecified atom stereocenters. The molecule has 9 heteroatoms. The molecule has 8 nitrogen and oxygen atoms in total. The number of piperazine rings is 1. The summed E-state index contributed by atoms with van der Waals surface area (Å²) in [5, 5.41) is 12.8. The molecule has 162 valence electrons. The zero-order chi connectivity index (χ0) is 21.8. The summed E-state index contributed by atoms with van der Waals surface area (Å²) in [7, 11) is 0. The lowest BCUT2D eigenvalue weighted by molar-refractivity contribution is 0.0624. The van der Waals surface area contributed by atoms with Gasteiger partial charge in [-0.15, -0.1) is 5.10 Å². The number of hydrogen-bond donors (Lipinski definition) is 0. The number of carbonyl (C=O) groups is 1. The summed E-state index contributed by atoms with van der Waals surface area (Å²) in [6.07, 6.45) is 0.107. The zero-order valence-electron chi connectivity index (χ0n) is 17.6. The maximum Gasteiger partial charge on any atom is 0.253 e. The quantitative estimate of drug-likeness (QED) is 0.586. The Kier molecular flexibility index (Phi) is 6.48. The standard InChI is InChI=1S/C22H25ClN6O2/c1-16(2)31-20-9-3-17(4-10-20)22(30)28-13-11-27(12-14-28)15-21-24-25-26-29(21)19-7-5-18(23)6-8-19/h3-10,16H,11-15H2,1-2H3. The van der Waals surface area contributed by atoms with Gasteiger partial charge in [-0.05, 0) is 72.8 Å². The number of halogens is 1. The van der Waals surface area contributed by atoms with Crippen LogP contribution < -0.4 is 4.74 Å². The van der Waals surface area contributed by atoms with E-state index < -0.39 is 0 Å². The highest BCUT2D eigenvalue weighted by Gasteiger charge is 2.23. The Balaban J connectivity index is 1.34. The minimum atomic E-state index is 0.0433. The molecule has 2 heterocycles. The summed E-state index contributed by atoms with van der Waals surface area (Å²) >= 11 is 5.97. The van der Waals surface area contributed by atoms with Gasteiger partial charge in [0.25, 0.3) is 5.91 Å². The smallest absolute Gasteiger partial charge is 0.253 e. The van der Waals surface area contributed by atoms with Crippen molar-refractivity contribution < 1.29 is 9.53 Å². The number of ether oxygens (including phenoxy) is 1. The maximum absolute atomic E-state index is 12.8. The summed E-state index contributed by atoms with van der Waals surface area (Å²) in [5.74, 6) is 1.57. The SMILES string of the molecule is CC(C)Oc1ccc(C(=O)N2CCN(Cc3nnnn3-c3ccc(Cl)cc3)CC2)cc1. The van der Waals surface area contributed by atoms with Gasteiger partial charge in [-0.25, -0.2) is 0 Å². The molecule has 1 fully saturated rings. The molecule has 3 aromatic rings. The molecule has 1 saturated heterocycles. The van der Waals surface area contributed by atoms with E-state index in [4.69, 9.17) is 16.3 Å². The molecule has 0 radical (unpaired) electrons. The van der Waals surface area contributed by atoms with Gasteiger partial charge in [-0.2, -0.15) is 4.68 Å². The minimum Gasteiger partial charge on any atom is -0.491 e. The van der Waals surface area contributed by atoms with E-state index >= 15 is 0 Å². The van der Waals surface area contributed by atoms with Gasteiger partial charge in [-0.1, -0.05) is 11.6 Å². The zero-order valence-corrected chi connectivity index (χ0v) is 18.4. The van der Waals surface area contributed by atoms with Gasteiger partial charge in [-0.3, -0.25) is 9.69 Å². The second-order valence-corrected chi connectivity index (χ2v) is 8.18. The summed E-state index contributed by atoms with van der Waals surface area (Å²) in [4.78, 5) is 17.0. The highest BCUT2D eigenvalue weighted by Crippen LogP contribution is 2.17. The van der Waals surface area contributed by atoms with Crippen LogP contribution in [0.2, 0.25) is 5.02 Å². The molecule has 1 aromatic heterocycles. The fourth-order valence-corrected chi connectivity index (χ4v) is 3.65. The van der Waals surface area contributed by atoms with E-state index in [2.05, 4.69) is 20.4 Å². The first-order valence-corrected chi connectivity index (χ1v) is 10.7. The third-order valence-electron chi connectivity index (χ3n) is 5.10. The second kappa shape index (κ2) is 9.45. The van der Waals surface area contributed by atoms with Gasteiger partial charge in [0.2, 0.25) is 0 Å². The first-order valence-electron chi connectivity index (χ1n) is 10.3. The van der Waals surface area contributed by atoms with Crippen LogP contribution in [-0.4, -0.2) is 68.2 Å². The van der Waals surface area contributed by atoms with Crippen LogP contribution in [0.3, 0.4) is 0 Å². The minimum absolute atomic E-state index is 0.0433. The number of amides is 1. The molecular formula is C22H25ClN6O2. The Hall–Kier alpha value is -2.97. The van der Waals surface area contributed by atoms with Crippen molar-refractivity contribution in [1.29, 1.82) is 0 Å². The van der Waals surface area contributed by atoms with Gasteiger partial charge in [0, 0.05) is 36.8 Å². The molecule has 1 aliphatic rings. The van der Waals surface area contributed by atoms with Crippen molar-refractivity contribution in [2.45, 2.75) is 26.5 Å². The fourth-order valence-electron chi connectivity index (χ4n) is 3.53. The molecular weight excluding hydrogens is 416 g/mol. The van der Waals surface area contributed by atoms with Crippen molar-refractivity contribution in [3.8, 4) is 11.4 Å². The highest BCUT2D eigenvalue weighted by molar-refractivity contribution is 6.30. The Morgan fingerprint density at radius 2 is 1.71 bits per heavy atom. The van der Waals surface area contributed by atoms with Gasteiger partial charge in [0.1, 0.15) is 5.75 Å². The number of aromatic nitrogens is 4. The summed E-state index contributed by atoms with van der Waals surface area (Å²) in [6, 6.07) is 14.7. The van der Waals surface area contributed by atoms with E-state index in [0.29, 0.717) is 30.2 Å². The van der Waals surface area contributed by atoms with E-state index in [-0.39, 0.29) is 12.0 Å². The highest BCUT2D eigenvalue weighted by atomic mass is 35.5. The molecule has 1 amide bonds. The van der Waals surface area contributed by atoms with Crippen LogP contribution in [0.4, 0.5) is 0 Å². The van der Waals surface area contributed by atoms with Crippen LogP contribution in [0.1, 0.15) is 30.0 Å². The lowest BCUT2D eigenvalue weighted by Crippen LogP contribution is -2.48. The number of hydrogen-bond acceptors (Lipinski definition) is 6. The van der Waals surface area contributed by atoms with Crippen molar-refractivity contribution in [1.82, 2.24) is 30.0 Å². The third-order valence-corrected chi connectivity index (χ3v) is 5.35. The normalized spacial score (nSPS) is 14.8. The summed E-state index contributed by atoms with van der Waals surface area (Å²) in [6.45, 7) is 7.40. The molecule has 0 aliphatic carbocycles. The van der Waals surface area contributed by atoms with Crippen molar-refractivity contribution in [3.05, 3.63) is 64.9 Å². The van der Waals surface area contributed by atoms with Crippen LogP contribution in [0.25, 0.3) is 5.69 Å². The molecule has 0 saturated carbocycles. The molecule has 0 atom stereocenters. The van der Waals surface area contributed by atoms with E-state index in [1.54, 1.807) is 4.68 Å². The van der Waals surface area contributed by atoms with Crippen LogP contribution in [0.15, 0.2) is 48.5 Å². The van der Waals surface area contributed by atoms with Crippen molar-refractivity contribution in [3.63, 3.8) is 0 Å². The van der Waals surface area contributed by atoms with E-state index in [1.165, 1.54) is 0 Å². The third kappa shape index (κ3) is 5.21. The number of tetrazole rings is 1. The first kappa shape index (κ1) is 21.3. The maximum atomic E-state index is 12.8. The lowest BCUT2D eigenvalue weighted by atomic mass is 10.1. The van der Waals surface area contributed by atoms with Gasteiger partial charge < -0.3 is 9.64 Å². The number of rotatable bonds is 6. The predicted octanol–water partition coefficient (Wildman–Crippen LogP) is 3.06. The molecule has 0 N–H and O–H groups in total. The summed E-state index contributed by atoms with van der Waals surface area (Å²) in [5.41, 5.74) is 1.54. The molecule has 1 aliphatic heterocycles. The number of carbonyl (C=O) groups excluding carboxylic acids is 1. The van der Waals surface area contributed by atoms with Crippen molar-refractivity contribution in [2.24, 2.45) is 0 Å². The topological polar surface area (TPSA) is 76.4 Å². The molecule has 4 rings (SSSR count).